The minimum Gasteiger partial charge on any atom is -0.310 e. The highest BCUT2D eigenvalue weighted by atomic mass is 15.1. The summed E-state index contributed by atoms with van der Waals surface area (Å²) < 4.78 is 0. The third-order valence-electron chi connectivity index (χ3n) is 11.2. The van der Waals surface area contributed by atoms with Crippen LogP contribution in [0.2, 0.25) is 0 Å². The highest BCUT2D eigenvalue weighted by Gasteiger charge is 2.35. The van der Waals surface area contributed by atoms with Crippen LogP contribution < -0.4 is 4.90 Å². The molecule has 0 bridgehead atoms. The first-order chi connectivity index (χ1) is 25.6. The lowest BCUT2D eigenvalue weighted by Gasteiger charge is -2.37. The molecule has 0 spiro atoms. The van der Waals surface area contributed by atoms with Gasteiger partial charge in [0.1, 0.15) is 0 Å². The highest BCUT2D eigenvalue weighted by Crippen LogP contribution is 2.53. The zero-order chi connectivity index (χ0) is 34.8. The van der Waals surface area contributed by atoms with Crippen molar-refractivity contribution in [3.63, 3.8) is 0 Å². The predicted octanol–water partition coefficient (Wildman–Crippen LogP) is 14.3. The third-order valence-corrected chi connectivity index (χ3v) is 11.2. The summed E-state index contributed by atoms with van der Waals surface area (Å²) in [6.45, 7) is 4.79. The molecular weight excluding hydrogens is 627 g/mol. The number of benzene rings is 9. The van der Waals surface area contributed by atoms with Crippen LogP contribution in [0.1, 0.15) is 25.0 Å². The van der Waals surface area contributed by atoms with Crippen LogP contribution in [0.4, 0.5) is 17.1 Å². The molecule has 246 valence electrons. The first-order valence-electron chi connectivity index (χ1n) is 18.2. The predicted molar refractivity (Wildman–Crippen MR) is 222 cm³/mol. The zero-order valence-corrected chi connectivity index (χ0v) is 29.3. The van der Waals surface area contributed by atoms with Crippen LogP contribution in [0.3, 0.4) is 0 Å². The second-order valence-electron chi connectivity index (χ2n) is 14.5. The Morgan fingerprint density at radius 3 is 1.75 bits per heavy atom. The number of nitrogens with zero attached hydrogens (tertiary/aromatic N) is 1. The van der Waals surface area contributed by atoms with Crippen LogP contribution in [0.25, 0.3) is 65.7 Å². The molecule has 0 atom stereocenters. The molecule has 0 heterocycles. The topological polar surface area (TPSA) is 3.24 Å². The molecule has 52 heavy (non-hydrogen) atoms. The van der Waals surface area contributed by atoms with Gasteiger partial charge in [0, 0.05) is 22.2 Å². The summed E-state index contributed by atoms with van der Waals surface area (Å²) in [5.74, 6) is 0. The third kappa shape index (κ3) is 4.70. The van der Waals surface area contributed by atoms with Crippen molar-refractivity contribution in [2.75, 3.05) is 4.90 Å². The van der Waals surface area contributed by atoms with Crippen molar-refractivity contribution in [3.05, 3.63) is 199 Å². The smallest absolute Gasteiger partial charge is 0.0546 e. The van der Waals surface area contributed by atoms with Crippen LogP contribution in [0, 0.1) is 0 Å². The normalized spacial score (nSPS) is 13.0. The SMILES string of the molecule is CC1(C)c2cc(N(c3ccc(-c4ccccc4)cc3)c3cc4ccccc4c4ccccc34)ccc2-c2c(-c3ccccc3)ccc3cccc1c23. The lowest BCUT2D eigenvalue weighted by molar-refractivity contribution is 0.645. The summed E-state index contributed by atoms with van der Waals surface area (Å²) in [6.07, 6.45) is 0. The van der Waals surface area contributed by atoms with Gasteiger partial charge < -0.3 is 4.90 Å². The molecule has 0 unspecified atom stereocenters. The van der Waals surface area contributed by atoms with Crippen molar-refractivity contribution in [1.29, 1.82) is 0 Å². The minimum atomic E-state index is -0.221. The van der Waals surface area contributed by atoms with Crippen LogP contribution in [-0.2, 0) is 5.41 Å². The van der Waals surface area contributed by atoms with Crippen molar-refractivity contribution in [2.45, 2.75) is 19.3 Å². The van der Waals surface area contributed by atoms with Crippen LogP contribution in [0.15, 0.2) is 188 Å². The van der Waals surface area contributed by atoms with E-state index in [1.807, 2.05) is 0 Å². The molecule has 1 heteroatoms. The van der Waals surface area contributed by atoms with E-state index in [1.54, 1.807) is 0 Å². The highest BCUT2D eigenvalue weighted by molar-refractivity contribution is 6.15. The largest absolute Gasteiger partial charge is 0.310 e. The Labute approximate surface area is 305 Å². The van der Waals surface area contributed by atoms with Gasteiger partial charge in [-0.1, -0.05) is 172 Å². The molecule has 9 aromatic rings. The van der Waals surface area contributed by atoms with E-state index in [9.17, 15) is 0 Å². The average molecular weight is 664 g/mol. The van der Waals surface area contributed by atoms with E-state index in [1.165, 1.54) is 82.5 Å². The number of hydrogen-bond acceptors (Lipinski definition) is 1. The maximum atomic E-state index is 2.47. The molecule has 0 aliphatic heterocycles. The molecular formula is C51H37N. The molecule has 0 saturated carbocycles. The Balaban J connectivity index is 1.24. The minimum absolute atomic E-state index is 0.221. The fraction of sp³-hybridized carbons (Fsp3) is 0.0588. The monoisotopic (exact) mass is 663 g/mol. The fourth-order valence-electron chi connectivity index (χ4n) is 8.67. The Kier molecular flexibility index (Phi) is 6.91. The van der Waals surface area contributed by atoms with Gasteiger partial charge >= 0.3 is 0 Å². The summed E-state index contributed by atoms with van der Waals surface area (Å²) >= 11 is 0. The quantitative estimate of drug-likeness (QED) is 0.166. The second kappa shape index (κ2) is 11.8. The maximum Gasteiger partial charge on any atom is 0.0546 e. The molecule has 0 radical (unpaired) electrons. The van der Waals surface area contributed by atoms with E-state index in [0.29, 0.717) is 0 Å². The van der Waals surface area contributed by atoms with Crippen LogP contribution in [0.5, 0.6) is 0 Å². The van der Waals surface area contributed by atoms with Gasteiger partial charge in [0.15, 0.2) is 0 Å². The molecule has 0 saturated heterocycles. The summed E-state index contributed by atoms with van der Waals surface area (Å²) in [4.78, 5) is 2.47. The Bertz CT molecular complexity index is 2790. The van der Waals surface area contributed by atoms with Gasteiger partial charge in [-0.2, -0.15) is 0 Å². The molecule has 0 N–H and O–H groups in total. The first kappa shape index (κ1) is 30.4. The van der Waals surface area contributed by atoms with E-state index in [4.69, 9.17) is 0 Å². The van der Waals surface area contributed by atoms with Crippen LogP contribution in [-0.4, -0.2) is 0 Å². The van der Waals surface area contributed by atoms with Crippen LogP contribution >= 0.6 is 0 Å². The summed E-state index contributed by atoms with van der Waals surface area (Å²) in [5, 5.41) is 7.64. The molecule has 9 aromatic carbocycles. The van der Waals surface area contributed by atoms with Crippen molar-refractivity contribution >= 4 is 49.4 Å². The Morgan fingerprint density at radius 2 is 0.981 bits per heavy atom. The Morgan fingerprint density at radius 1 is 0.385 bits per heavy atom. The van der Waals surface area contributed by atoms with E-state index in [-0.39, 0.29) is 5.41 Å². The van der Waals surface area contributed by atoms with Gasteiger partial charge in [0.05, 0.1) is 5.69 Å². The second-order valence-corrected chi connectivity index (χ2v) is 14.5. The summed E-state index contributed by atoms with van der Waals surface area (Å²) in [6, 6.07) is 69.2. The lowest BCUT2D eigenvalue weighted by atomic mass is 9.67. The Hall–Kier alpha value is -6.44. The average Bonchev–Trinajstić information content (AvgIpc) is 3.21. The number of anilines is 3. The van der Waals surface area contributed by atoms with Crippen molar-refractivity contribution in [1.82, 2.24) is 0 Å². The maximum absolute atomic E-state index is 2.47. The zero-order valence-electron chi connectivity index (χ0n) is 29.3. The van der Waals surface area contributed by atoms with Gasteiger partial charge in [-0.3, -0.25) is 0 Å². The molecule has 0 amide bonds. The number of hydrogen-bond donors (Lipinski definition) is 0. The van der Waals surface area contributed by atoms with E-state index in [0.717, 1.165) is 11.4 Å². The lowest BCUT2D eigenvalue weighted by Crippen LogP contribution is -2.24. The fourth-order valence-corrected chi connectivity index (χ4v) is 8.67. The molecule has 1 aliphatic carbocycles. The summed E-state index contributed by atoms with van der Waals surface area (Å²) in [7, 11) is 0. The first-order valence-corrected chi connectivity index (χ1v) is 18.2. The van der Waals surface area contributed by atoms with Gasteiger partial charge in [-0.05, 0) is 102 Å². The van der Waals surface area contributed by atoms with E-state index < -0.39 is 0 Å². The molecule has 1 aliphatic rings. The molecule has 1 nitrogen and oxygen atoms in total. The van der Waals surface area contributed by atoms with E-state index >= 15 is 0 Å². The number of fused-ring (bicyclic) bond motifs is 5. The van der Waals surface area contributed by atoms with Crippen molar-refractivity contribution < 1.29 is 0 Å². The van der Waals surface area contributed by atoms with Crippen molar-refractivity contribution in [3.8, 4) is 33.4 Å². The molecule has 0 fully saturated rings. The summed E-state index contributed by atoms with van der Waals surface area (Å²) in [5.41, 5.74) is 13.5. The van der Waals surface area contributed by atoms with E-state index in [2.05, 4.69) is 207 Å². The van der Waals surface area contributed by atoms with Gasteiger partial charge in [0.25, 0.3) is 0 Å². The van der Waals surface area contributed by atoms with Gasteiger partial charge in [0.2, 0.25) is 0 Å². The van der Waals surface area contributed by atoms with Crippen molar-refractivity contribution in [2.24, 2.45) is 0 Å². The standard InChI is InChI=1S/C51H37N/c1-51(2)46-23-13-19-37-26-30-42(36-16-7-4-8-17-36)50(49(37)46)45-31-29-40(33-47(45)51)52(39-27-24-35(25-28-39)34-14-5-3-6-15-34)48-32-38-18-9-10-20-41(38)43-21-11-12-22-44(43)48/h3-33H,1-2H3. The molecule has 10 rings (SSSR count). The molecule has 0 aromatic heterocycles. The van der Waals surface area contributed by atoms with Gasteiger partial charge in [-0.25, -0.2) is 0 Å². The van der Waals surface area contributed by atoms with Gasteiger partial charge in [-0.15, -0.1) is 0 Å². The number of rotatable bonds is 5.